The number of fused-ring (bicyclic) bond motifs is 1. The van der Waals surface area contributed by atoms with Crippen molar-refractivity contribution >= 4 is 16.8 Å². The molecular formula is C19H26N4O3. The van der Waals surface area contributed by atoms with Gasteiger partial charge in [0, 0.05) is 32.0 Å². The molecule has 1 aliphatic heterocycles. The van der Waals surface area contributed by atoms with Gasteiger partial charge in [-0.25, -0.2) is 4.98 Å². The van der Waals surface area contributed by atoms with E-state index in [-0.39, 0.29) is 23.3 Å². The maximum Gasteiger partial charge on any atom is 0.261 e. The Labute approximate surface area is 152 Å². The molecule has 0 aliphatic carbocycles. The number of nitrogens with one attached hydrogen (secondary N) is 2. The summed E-state index contributed by atoms with van der Waals surface area (Å²) < 4.78 is 6.87. The SMILES string of the molecule is COCC1(CNC(=O)CCn2cnc3ccccc3c2=O)CCNCC1. The summed E-state index contributed by atoms with van der Waals surface area (Å²) >= 11 is 0. The lowest BCUT2D eigenvalue weighted by Crippen LogP contribution is -2.47. The van der Waals surface area contributed by atoms with Crippen LogP contribution in [0.1, 0.15) is 19.3 Å². The number of ether oxygens (including phenoxy) is 1. The molecule has 0 radical (unpaired) electrons. The molecule has 3 rings (SSSR count). The molecule has 1 aliphatic rings. The van der Waals surface area contributed by atoms with E-state index in [4.69, 9.17) is 4.74 Å². The van der Waals surface area contributed by atoms with E-state index in [0.29, 0.717) is 30.6 Å². The monoisotopic (exact) mass is 358 g/mol. The van der Waals surface area contributed by atoms with Crippen molar-refractivity contribution in [3.63, 3.8) is 0 Å². The standard InChI is InChI=1S/C19H26N4O3/c1-26-13-19(7-9-20-10-8-19)12-21-17(24)6-11-23-14-22-16-5-3-2-4-15(16)18(23)25/h2-5,14,20H,6-13H2,1H3,(H,21,24). The highest BCUT2D eigenvalue weighted by atomic mass is 16.5. The number of methoxy groups -OCH3 is 1. The predicted octanol–water partition coefficient (Wildman–Crippen LogP) is 0.919. The van der Waals surface area contributed by atoms with Crippen molar-refractivity contribution in [2.24, 2.45) is 5.41 Å². The minimum atomic E-state index is -0.113. The highest BCUT2D eigenvalue weighted by Gasteiger charge is 2.32. The number of nitrogens with zero attached hydrogens (tertiary/aromatic N) is 2. The number of rotatable bonds is 7. The molecule has 0 bridgehead atoms. The van der Waals surface area contributed by atoms with Crippen LogP contribution in [0.3, 0.4) is 0 Å². The van der Waals surface area contributed by atoms with E-state index in [9.17, 15) is 9.59 Å². The quantitative estimate of drug-likeness (QED) is 0.769. The molecule has 1 saturated heterocycles. The summed E-state index contributed by atoms with van der Waals surface area (Å²) in [6.07, 6.45) is 3.72. The van der Waals surface area contributed by atoms with Gasteiger partial charge in [-0.3, -0.25) is 14.2 Å². The van der Waals surface area contributed by atoms with Crippen molar-refractivity contribution in [3.05, 3.63) is 40.9 Å². The van der Waals surface area contributed by atoms with Gasteiger partial charge in [-0.1, -0.05) is 12.1 Å². The number of hydrogen-bond acceptors (Lipinski definition) is 5. The van der Waals surface area contributed by atoms with E-state index in [1.807, 2.05) is 18.2 Å². The van der Waals surface area contributed by atoms with Crippen molar-refractivity contribution < 1.29 is 9.53 Å². The van der Waals surface area contributed by atoms with Crippen LogP contribution < -0.4 is 16.2 Å². The smallest absolute Gasteiger partial charge is 0.261 e. The molecule has 2 heterocycles. The van der Waals surface area contributed by atoms with Crippen LogP contribution in [-0.2, 0) is 16.1 Å². The van der Waals surface area contributed by atoms with E-state index in [1.165, 1.54) is 10.9 Å². The Morgan fingerprint density at radius 2 is 2.12 bits per heavy atom. The summed E-state index contributed by atoms with van der Waals surface area (Å²) in [6, 6.07) is 7.23. The lowest BCUT2D eigenvalue weighted by atomic mass is 9.79. The van der Waals surface area contributed by atoms with Gasteiger partial charge in [0.15, 0.2) is 0 Å². The summed E-state index contributed by atoms with van der Waals surface area (Å²) in [5.74, 6) is -0.0564. The number of piperidine rings is 1. The second kappa shape index (κ2) is 8.42. The van der Waals surface area contributed by atoms with Crippen LogP contribution in [0.5, 0.6) is 0 Å². The fraction of sp³-hybridized carbons (Fsp3) is 0.526. The van der Waals surface area contributed by atoms with Crippen molar-refractivity contribution in [2.75, 3.05) is 33.4 Å². The highest BCUT2D eigenvalue weighted by molar-refractivity contribution is 5.77. The van der Waals surface area contributed by atoms with Crippen molar-refractivity contribution in [3.8, 4) is 0 Å². The Bertz CT molecular complexity index is 806. The summed E-state index contributed by atoms with van der Waals surface area (Å²) in [7, 11) is 1.70. The number of carbonyl (C=O) groups is 1. The van der Waals surface area contributed by atoms with Gasteiger partial charge in [0.05, 0.1) is 23.8 Å². The van der Waals surface area contributed by atoms with Gasteiger partial charge in [0.1, 0.15) is 0 Å². The average Bonchev–Trinajstić information content (AvgIpc) is 2.67. The average molecular weight is 358 g/mol. The van der Waals surface area contributed by atoms with Crippen LogP contribution in [0.4, 0.5) is 0 Å². The number of benzene rings is 1. The van der Waals surface area contributed by atoms with Gasteiger partial charge < -0.3 is 15.4 Å². The van der Waals surface area contributed by atoms with Gasteiger partial charge in [-0.15, -0.1) is 0 Å². The largest absolute Gasteiger partial charge is 0.384 e. The van der Waals surface area contributed by atoms with Crippen molar-refractivity contribution in [1.29, 1.82) is 0 Å². The third-order valence-corrected chi connectivity index (χ3v) is 5.09. The van der Waals surface area contributed by atoms with Gasteiger partial charge in [-0.2, -0.15) is 0 Å². The zero-order chi connectivity index (χ0) is 18.4. The van der Waals surface area contributed by atoms with E-state index >= 15 is 0 Å². The first-order chi connectivity index (χ1) is 12.6. The first-order valence-electron chi connectivity index (χ1n) is 9.04. The topological polar surface area (TPSA) is 85.2 Å². The minimum absolute atomic E-state index is 0.00297. The van der Waals surface area contributed by atoms with Crippen LogP contribution >= 0.6 is 0 Å². The summed E-state index contributed by atoms with van der Waals surface area (Å²) in [4.78, 5) is 29.0. The van der Waals surface area contributed by atoms with Crippen molar-refractivity contribution in [1.82, 2.24) is 20.2 Å². The molecule has 2 N–H and O–H groups in total. The molecule has 7 nitrogen and oxygen atoms in total. The fourth-order valence-corrected chi connectivity index (χ4v) is 3.50. The maximum absolute atomic E-state index is 12.5. The Morgan fingerprint density at radius 3 is 2.88 bits per heavy atom. The Kier molecular flexibility index (Phi) is 6.00. The number of carbonyl (C=O) groups excluding carboxylic acids is 1. The van der Waals surface area contributed by atoms with Crippen LogP contribution in [0.25, 0.3) is 10.9 Å². The molecule has 1 fully saturated rings. The Morgan fingerprint density at radius 1 is 1.35 bits per heavy atom. The van der Waals surface area contributed by atoms with Crippen LogP contribution in [0.2, 0.25) is 0 Å². The van der Waals surface area contributed by atoms with E-state index < -0.39 is 0 Å². The maximum atomic E-state index is 12.5. The molecule has 1 aromatic carbocycles. The minimum Gasteiger partial charge on any atom is -0.384 e. The normalized spacial score (nSPS) is 16.5. The van der Waals surface area contributed by atoms with Crippen molar-refractivity contribution in [2.45, 2.75) is 25.8 Å². The van der Waals surface area contributed by atoms with Gasteiger partial charge in [-0.05, 0) is 38.1 Å². The zero-order valence-electron chi connectivity index (χ0n) is 15.2. The molecule has 140 valence electrons. The van der Waals surface area contributed by atoms with Gasteiger partial charge in [0.25, 0.3) is 5.56 Å². The summed E-state index contributed by atoms with van der Waals surface area (Å²) in [6.45, 7) is 3.45. The van der Waals surface area contributed by atoms with Gasteiger partial charge in [0.2, 0.25) is 5.91 Å². The van der Waals surface area contributed by atoms with Crippen LogP contribution in [0, 0.1) is 5.41 Å². The summed E-state index contributed by atoms with van der Waals surface area (Å²) in [5.41, 5.74) is 0.556. The summed E-state index contributed by atoms with van der Waals surface area (Å²) in [5, 5.41) is 6.94. The molecule has 7 heteroatoms. The zero-order valence-corrected chi connectivity index (χ0v) is 15.2. The third-order valence-electron chi connectivity index (χ3n) is 5.09. The van der Waals surface area contributed by atoms with Crippen LogP contribution in [-0.4, -0.2) is 48.8 Å². The third kappa shape index (κ3) is 4.28. The Hall–Kier alpha value is -2.25. The first kappa shape index (κ1) is 18.5. The van der Waals surface area contributed by atoms with Gasteiger partial charge >= 0.3 is 0 Å². The first-order valence-corrected chi connectivity index (χ1v) is 9.04. The molecular weight excluding hydrogens is 332 g/mol. The molecule has 1 aromatic heterocycles. The van der Waals surface area contributed by atoms with E-state index in [2.05, 4.69) is 15.6 Å². The number of hydrogen-bond donors (Lipinski definition) is 2. The lowest BCUT2D eigenvalue weighted by Gasteiger charge is -2.37. The molecule has 1 amide bonds. The lowest BCUT2D eigenvalue weighted by molar-refractivity contribution is -0.122. The number of amides is 1. The highest BCUT2D eigenvalue weighted by Crippen LogP contribution is 2.28. The molecule has 2 aromatic rings. The van der Waals surface area contributed by atoms with Crippen LogP contribution in [0.15, 0.2) is 35.4 Å². The number of aromatic nitrogens is 2. The molecule has 0 atom stereocenters. The van der Waals surface area contributed by atoms with E-state index in [0.717, 1.165) is 25.9 Å². The molecule has 0 saturated carbocycles. The number of aryl methyl sites for hydroxylation is 1. The second-order valence-corrected chi connectivity index (χ2v) is 6.97. The fourth-order valence-electron chi connectivity index (χ4n) is 3.50. The molecule has 26 heavy (non-hydrogen) atoms. The Balaban J connectivity index is 1.57. The second-order valence-electron chi connectivity index (χ2n) is 6.97. The predicted molar refractivity (Wildman–Crippen MR) is 100 cm³/mol. The number of para-hydroxylation sites is 1. The molecule has 0 unspecified atom stereocenters. The van der Waals surface area contributed by atoms with E-state index in [1.54, 1.807) is 13.2 Å². The molecule has 0 spiro atoms.